The van der Waals surface area contributed by atoms with Crippen molar-refractivity contribution in [2.75, 3.05) is 33.3 Å². The van der Waals surface area contributed by atoms with Crippen LogP contribution in [-0.2, 0) is 12.8 Å². The first-order valence-electron chi connectivity index (χ1n) is 6.90. The first-order chi connectivity index (χ1) is 8.83. The molecule has 1 aromatic carbocycles. The van der Waals surface area contributed by atoms with Crippen molar-refractivity contribution in [3.63, 3.8) is 0 Å². The van der Waals surface area contributed by atoms with E-state index in [1.807, 2.05) is 7.05 Å². The molecular weight excluding hydrogens is 224 g/mol. The molecule has 0 bridgehead atoms. The standard InChI is InChI=1S/C15H24N2O/c1-16-15(12-18)8-11-17-9-6-13-4-2-3-5-14(13)7-10-17/h2-5,15-16,18H,6-12H2,1H3. The van der Waals surface area contributed by atoms with Crippen molar-refractivity contribution in [2.45, 2.75) is 25.3 Å². The summed E-state index contributed by atoms with van der Waals surface area (Å²) in [6.45, 7) is 3.57. The topological polar surface area (TPSA) is 35.5 Å². The molecule has 0 aliphatic carbocycles. The van der Waals surface area contributed by atoms with Gasteiger partial charge in [-0.2, -0.15) is 0 Å². The summed E-state index contributed by atoms with van der Waals surface area (Å²) < 4.78 is 0. The van der Waals surface area contributed by atoms with E-state index < -0.39 is 0 Å². The van der Waals surface area contributed by atoms with Crippen LogP contribution in [0.5, 0.6) is 0 Å². The zero-order valence-corrected chi connectivity index (χ0v) is 11.2. The van der Waals surface area contributed by atoms with Crippen LogP contribution in [0.2, 0.25) is 0 Å². The molecule has 0 amide bonds. The van der Waals surface area contributed by atoms with Crippen molar-refractivity contribution in [1.82, 2.24) is 10.2 Å². The predicted molar refractivity (Wildman–Crippen MR) is 74.8 cm³/mol. The highest BCUT2D eigenvalue weighted by molar-refractivity contribution is 5.28. The molecule has 2 rings (SSSR count). The number of hydrogen-bond donors (Lipinski definition) is 2. The second kappa shape index (κ2) is 6.88. The number of likely N-dealkylation sites (N-methyl/N-ethyl adjacent to an activating group) is 1. The summed E-state index contributed by atoms with van der Waals surface area (Å²) in [5.41, 5.74) is 3.01. The van der Waals surface area contributed by atoms with Gasteiger partial charge in [0.05, 0.1) is 6.61 Å². The molecule has 1 unspecified atom stereocenters. The Balaban J connectivity index is 1.84. The van der Waals surface area contributed by atoms with Crippen molar-refractivity contribution in [3.8, 4) is 0 Å². The number of nitrogens with zero attached hydrogens (tertiary/aromatic N) is 1. The van der Waals surface area contributed by atoms with Crippen LogP contribution in [0.25, 0.3) is 0 Å². The Hall–Kier alpha value is -0.900. The minimum Gasteiger partial charge on any atom is -0.395 e. The predicted octanol–water partition coefficient (Wildman–Crippen LogP) is 1.06. The lowest BCUT2D eigenvalue weighted by Gasteiger charge is -2.22. The minimum absolute atomic E-state index is 0.227. The number of hydrogen-bond acceptors (Lipinski definition) is 3. The summed E-state index contributed by atoms with van der Waals surface area (Å²) in [6, 6.07) is 9.01. The molecule has 1 aliphatic rings. The highest BCUT2D eigenvalue weighted by atomic mass is 16.3. The number of nitrogens with one attached hydrogen (secondary N) is 1. The van der Waals surface area contributed by atoms with Crippen LogP contribution >= 0.6 is 0 Å². The molecule has 18 heavy (non-hydrogen) atoms. The molecule has 3 nitrogen and oxygen atoms in total. The molecule has 0 aromatic heterocycles. The van der Waals surface area contributed by atoms with Gasteiger partial charge >= 0.3 is 0 Å². The summed E-state index contributed by atoms with van der Waals surface area (Å²) in [7, 11) is 1.92. The Kier molecular flexibility index (Phi) is 5.17. The van der Waals surface area contributed by atoms with Crippen LogP contribution in [0.4, 0.5) is 0 Å². The maximum atomic E-state index is 9.17. The minimum atomic E-state index is 0.227. The highest BCUT2D eigenvalue weighted by Gasteiger charge is 2.14. The molecule has 1 aliphatic heterocycles. The van der Waals surface area contributed by atoms with E-state index >= 15 is 0 Å². The lowest BCUT2D eigenvalue weighted by molar-refractivity contribution is 0.213. The molecule has 0 radical (unpaired) electrons. The van der Waals surface area contributed by atoms with Crippen molar-refractivity contribution in [3.05, 3.63) is 35.4 Å². The number of rotatable bonds is 5. The van der Waals surface area contributed by atoms with Gasteiger partial charge in [0.1, 0.15) is 0 Å². The van der Waals surface area contributed by atoms with Gasteiger partial charge in [0, 0.05) is 19.1 Å². The largest absolute Gasteiger partial charge is 0.395 e. The van der Waals surface area contributed by atoms with Crippen LogP contribution < -0.4 is 5.32 Å². The Bertz CT molecular complexity index is 336. The molecule has 3 heteroatoms. The number of aliphatic hydroxyl groups is 1. The fourth-order valence-corrected chi connectivity index (χ4v) is 2.60. The molecule has 1 heterocycles. The van der Waals surface area contributed by atoms with Gasteiger partial charge in [-0.05, 0) is 44.0 Å². The van der Waals surface area contributed by atoms with Gasteiger partial charge in [0.25, 0.3) is 0 Å². The average molecular weight is 248 g/mol. The Morgan fingerprint density at radius 2 is 1.83 bits per heavy atom. The molecule has 0 fully saturated rings. The van der Waals surface area contributed by atoms with Gasteiger partial charge in [-0.3, -0.25) is 0 Å². The molecule has 1 atom stereocenters. The molecule has 0 saturated carbocycles. The fraction of sp³-hybridized carbons (Fsp3) is 0.600. The maximum absolute atomic E-state index is 9.17. The molecular formula is C15H24N2O. The van der Waals surface area contributed by atoms with E-state index in [4.69, 9.17) is 0 Å². The van der Waals surface area contributed by atoms with Gasteiger partial charge in [0.2, 0.25) is 0 Å². The number of benzene rings is 1. The summed E-state index contributed by atoms with van der Waals surface area (Å²) >= 11 is 0. The van der Waals surface area contributed by atoms with E-state index in [9.17, 15) is 5.11 Å². The monoisotopic (exact) mass is 248 g/mol. The smallest absolute Gasteiger partial charge is 0.0585 e. The number of fused-ring (bicyclic) bond motifs is 1. The fourth-order valence-electron chi connectivity index (χ4n) is 2.60. The van der Waals surface area contributed by atoms with Gasteiger partial charge in [-0.1, -0.05) is 24.3 Å². The van der Waals surface area contributed by atoms with E-state index in [0.29, 0.717) is 0 Å². The third kappa shape index (κ3) is 3.55. The van der Waals surface area contributed by atoms with Crippen LogP contribution in [0.15, 0.2) is 24.3 Å². The Morgan fingerprint density at radius 1 is 1.22 bits per heavy atom. The van der Waals surface area contributed by atoms with Crippen LogP contribution in [0, 0.1) is 0 Å². The Labute approximate surface area is 110 Å². The van der Waals surface area contributed by atoms with Crippen molar-refractivity contribution in [2.24, 2.45) is 0 Å². The SMILES string of the molecule is CNC(CO)CCN1CCc2ccccc2CC1. The summed E-state index contributed by atoms with van der Waals surface area (Å²) in [5, 5.41) is 12.3. The normalized spacial score (nSPS) is 18.1. The lowest BCUT2D eigenvalue weighted by Crippen LogP contribution is -2.35. The third-order valence-corrected chi connectivity index (χ3v) is 3.94. The van der Waals surface area contributed by atoms with E-state index in [0.717, 1.165) is 38.9 Å². The molecule has 2 N–H and O–H groups in total. The van der Waals surface area contributed by atoms with E-state index in [2.05, 4.69) is 34.5 Å². The average Bonchev–Trinajstić information content (AvgIpc) is 2.63. The number of aliphatic hydroxyl groups excluding tert-OH is 1. The molecule has 0 spiro atoms. The van der Waals surface area contributed by atoms with Gasteiger partial charge in [-0.25, -0.2) is 0 Å². The van der Waals surface area contributed by atoms with Crippen molar-refractivity contribution >= 4 is 0 Å². The quantitative estimate of drug-likeness (QED) is 0.818. The Morgan fingerprint density at radius 3 is 2.33 bits per heavy atom. The first-order valence-corrected chi connectivity index (χ1v) is 6.90. The summed E-state index contributed by atoms with van der Waals surface area (Å²) in [6.07, 6.45) is 3.32. The van der Waals surface area contributed by atoms with Gasteiger partial charge in [0.15, 0.2) is 0 Å². The van der Waals surface area contributed by atoms with Crippen LogP contribution in [0.1, 0.15) is 17.5 Å². The maximum Gasteiger partial charge on any atom is 0.0585 e. The zero-order valence-electron chi connectivity index (χ0n) is 11.2. The highest BCUT2D eigenvalue weighted by Crippen LogP contribution is 2.15. The third-order valence-electron chi connectivity index (χ3n) is 3.94. The van der Waals surface area contributed by atoms with Gasteiger partial charge < -0.3 is 15.3 Å². The second-order valence-corrected chi connectivity index (χ2v) is 5.07. The van der Waals surface area contributed by atoms with Crippen molar-refractivity contribution < 1.29 is 5.11 Å². The molecule has 100 valence electrons. The van der Waals surface area contributed by atoms with Crippen molar-refractivity contribution in [1.29, 1.82) is 0 Å². The van der Waals surface area contributed by atoms with Crippen LogP contribution in [-0.4, -0.2) is 49.3 Å². The van der Waals surface area contributed by atoms with Gasteiger partial charge in [-0.15, -0.1) is 0 Å². The van der Waals surface area contributed by atoms with Crippen LogP contribution in [0.3, 0.4) is 0 Å². The van der Waals surface area contributed by atoms with E-state index in [1.165, 1.54) is 11.1 Å². The van der Waals surface area contributed by atoms with E-state index in [-0.39, 0.29) is 12.6 Å². The zero-order chi connectivity index (χ0) is 12.8. The second-order valence-electron chi connectivity index (χ2n) is 5.07. The van der Waals surface area contributed by atoms with E-state index in [1.54, 1.807) is 0 Å². The summed E-state index contributed by atoms with van der Waals surface area (Å²) in [5.74, 6) is 0. The lowest BCUT2D eigenvalue weighted by atomic mass is 10.0. The summed E-state index contributed by atoms with van der Waals surface area (Å²) in [4.78, 5) is 2.51. The first kappa shape index (κ1) is 13.5. The molecule has 0 saturated heterocycles. The molecule has 1 aromatic rings.